The first-order valence-corrected chi connectivity index (χ1v) is 9.24. The maximum Gasteiger partial charge on any atom is 0.0329 e. The number of nitrogens with one attached hydrogen (secondary N) is 1. The fourth-order valence-corrected chi connectivity index (χ4v) is 4.21. The molecule has 2 nitrogen and oxygen atoms in total. The van der Waals surface area contributed by atoms with Crippen LogP contribution in [-0.2, 0) is 0 Å². The van der Waals surface area contributed by atoms with Crippen molar-refractivity contribution >= 4 is 27.7 Å². The largest absolute Gasteiger partial charge is 0.313 e. The normalized spacial score (nSPS) is 25.6. The van der Waals surface area contributed by atoms with Crippen molar-refractivity contribution in [2.45, 2.75) is 37.6 Å². The van der Waals surface area contributed by atoms with E-state index < -0.39 is 0 Å². The zero-order valence-corrected chi connectivity index (χ0v) is 15.0. The van der Waals surface area contributed by atoms with Crippen LogP contribution in [0.1, 0.15) is 31.9 Å². The van der Waals surface area contributed by atoms with Gasteiger partial charge in [-0.2, -0.15) is 11.8 Å². The lowest BCUT2D eigenvalue weighted by molar-refractivity contribution is 0.203. The molecule has 4 heteroatoms. The lowest BCUT2D eigenvalue weighted by Crippen LogP contribution is -2.45. The molecule has 0 saturated carbocycles. The third kappa shape index (κ3) is 4.23. The quantitative estimate of drug-likeness (QED) is 0.860. The van der Waals surface area contributed by atoms with E-state index in [0.29, 0.717) is 12.1 Å². The van der Waals surface area contributed by atoms with Gasteiger partial charge in [-0.3, -0.25) is 4.90 Å². The van der Waals surface area contributed by atoms with Crippen LogP contribution in [0.3, 0.4) is 0 Å². The maximum atomic E-state index is 3.50. The van der Waals surface area contributed by atoms with E-state index >= 15 is 0 Å². The van der Waals surface area contributed by atoms with Gasteiger partial charge in [0.2, 0.25) is 0 Å². The molecule has 1 heterocycles. The second-order valence-electron chi connectivity index (χ2n) is 5.53. The summed E-state index contributed by atoms with van der Waals surface area (Å²) in [5.74, 6) is 1.27. The summed E-state index contributed by atoms with van der Waals surface area (Å²) in [6, 6.07) is 9.81. The Balaban J connectivity index is 1.92. The lowest BCUT2D eigenvalue weighted by Gasteiger charge is -2.38. The van der Waals surface area contributed by atoms with Gasteiger partial charge in [-0.15, -0.1) is 0 Å². The van der Waals surface area contributed by atoms with E-state index in [2.05, 4.69) is 83.1 Å². The molecule has 0 aliphatic carbocycles. The molecule has 2 rings (SSSR count). The SMILES string of the molecule is CNC(CCN1CCSC(C)C1C)c1ccc(Br)cc1. The van der Waals surface area contributed by atoms with Crippen molar-refractivity contribution in [3.63, 3.8) is 0 Å². The first kappa shape index (κ1) is 16.3. The molecule has 3 atom stereocenters. The minimum atomic E-state index is 0.445. The van der Waals surface area contributed by atoms with Gasteiger partial charge in [0, 0.05) is 40.6 Å². The van der Waals surface area contributed by atoms with Crippen LogP contribution in [-0.4, -0.2) is 42.1 Å². The van der Waals surface area contributed by atoms with Gasteiger partial charge in [-0.1, -0.05) is 35.0 Å². The molecule has 0 radical (unpaired) electrons. The molecule has 0 bridgehead atoms. The lowest BCUT2D eigenvalue weighted by atomic mass is 10.0. The van der Waals surface area contributed by atoms with Crippen LogP contribution in [0, 0.1) is 0 Å². The van der Waals surface area contributed by atoms with Gasteiger partial charge < -0.3 is 5.32 Å². The molecular formula is C16H25BrN2S. The molecule has 1 N–H and O–H groups in total. The van der Waals surface area contributed by atoms with Gasteiger partial charge in [0.25, 0.3) is 0 Å². The number of hydrogen-bond donors (Lipinski definition) is 1. The van der Waals surface area contributed by atoms with Crippen molar-refractivity contribution in [3.8, 4) is 0 Å². The average Bonchev–Trinajstić information content (AvgIpc) is 2.45. The number of nitrogens with zero attached hydrogens (tertiary/aromatic N) is 1. The van der Waals surface area contributed by atoms with Crippen molar-refractivity contribution in [2.75, 3.05) is 25.9 Å². The predicted octanol–water partition coefficient (Wildman–Crippen LogP) is 3.93. The van der Waals surface area contributed by atoms with Gasteiger partial charge in [0.15, 0.2) is 0 Å². The number of halogens is 1. The molecule has 20 heavy (non-hydrogen) atoms. The second kappa shape index (κ2) is 7.83. The van der Waals surface area contributed by atoms with Gasteiger partial charge >= 0.3 is 0 Å². The van der Waals surface area contributed by atoms with Crippen molar-refractivity contribution in [2.24, 2.45) is 0 Å². The smallest absolute Gasteiger partial charge is 0.0329 e. The molecule has 1 fully saturated rings. The van der Waals surface area contributed by atoms with Gasteiger partial charge in [-0.25, -0.2) is 0 Å². The number of rotatable bonds is 5. The highest BCUT2D eigenvalue weighted by molar-refractivity contribution is 9.10. The Kier molecular flexibility index (Phi) is 6.40. The summed E-state index contributed by atoms with van der Waals surface area (Å²) in [4.78, 5) is 2.64. The standard InChI is InChI=1S/C16H25BrN2S/c1-12-13(2)20-11-10-19(12)9-8-16(18-3)14-4-6-15(17)7-5-14/h4-7,12-13,16,18H,8-11H2,1-3H3. The van der Waals surface area contributed by atoms with E-state index in [1.165, 1.54) is 30.8 Å². The molecule has 3 unspecified atom stereocenters. The Hall–Kier alpha value is -0.0300. The van der Waals surface area contributed by atoms with Crippen LogP contribution in [0.5, 0.6) is 0 Å². The van der Waals surface area contributed by atoms with Gasteiger partial charge in [0.1, 0.15) is 0 Å². The molecule has 1 saturated heterocycles. The highest BCUT2D eigenvalue weighted by Crippen LogP contribution is 2.26. The van der Waals surface area contributed by atoms with E-state index in [0.717, 1.165) is 9.72 Å². The van der Waals surface area contributed by atoms with E-state index in [1.54, 1.807) is 0 Å². The topological polar surface area (TPSA) is 15.3 Å². The fraction of sp³-hybridized carbons (Fsp3) is 0.625. The number of benzene rings is 1. The Morgan fingerprint density at radius 3 is 2.70 bits per heavy atom. The Bertz CT molecular complexity index is 409. The van der Waals surface area contributed by atoms with Gasteiger partial charge in [-0.05, 0) is 38.1 Å². The molecule has 0 aromatic heterocycles. The zero-order valence-electron chi connectivity index (χ0n) is 12.6. The first-order chi connectivity index (χ1) is 9.61. The third-order valence-corrected chi connectivity index (χ3v) is 6.21. The first-order valence-electron chi connectivity index (χ1n) is 7.40. The third-order valence-electron chi connectivity index (χ3n) is 4.34. The van der Waals surface area contributed by atoms with Crippen molar-refractivity contribution in [1.29, 1.82) is 0 Å². The van der Waals surface area contributed by atoms with Crippen LogP contribution in [0.4, 0.5) is 0 Å². The summed E-state index contributed by atoms with van der Waals surface area (Å²) >= 11 is 5.61. The average molecular weight is 357 g/mol. The van der Waals surface area contributed by atoms with Crippen LogP contribution in [0.25, 0.3) is 0 Å². The van der Waals surface area contributed by atoms with Crippen LogP contribution < -0.4 is 5.32 Å². The molecule has 1 aromatic carbocycles. The van der Waals surface area contributed by atoms with Crippen molar-refractivity contribution in [3.05, 3.63) is 34.3 Å². The van der Waals surface area contributed by atoms with E-state index in [9.17, 15) is 0 Å². The van der Waals surface area contributed by atoms with E-state index in [-0.39, 0.29) is 0 Å². The monoisotopic (exact) mass is 356 g/mol. The molecule has 1 aliphatic rings. The molecule has 1 aliphatic heterocycles. The second-order valence-corrected chi connectivity index (χ2v) is 7.93. The van der Waals surface area contributed by atoms with E-state index in [4.69, 9.17) is 0 Å². The van der Waals surface area contributed by atoms with Crippen LogP contribution in [0.2, 0.25) is 0 Å². The molecule has 0 amide bonds. The number of hydrogen-bond acceptors (Lipinski definition) is 3. The molecular weight excluding hydrogens is 332 g/mol. The summed E-state index contributed by atoms with van der Waals surface area (Å²) in [7, 11) is 2.06. The zero-order chi connectivity index (χ0) is 14.5. The summed E-state index contributed by atoms with van der Waals surface area (Å²) in [5.41, 5.74) is 1.38. The summed E-state index contributed by atoms with van der Waals surface area (Å²) in [6.45, 7) is 7.12. The Morgan fingerprint density at radius 2 is 2.05 bits per heavy atom. The highest BCUT2D eigenvalue weighted by Gasteiger charge is 2.25. The highest BCUT2D eigenvalue weighted by atomic mass is 79.9. The predicted molar refractivity (Wildman–Crippen MR) is 93.5 cm³/mol. The van der Waals surface area contributed by atoms with Gasteiger partial charge in [0.05, 0.1) is 0 Å². The number of thioether (sulfide) groups is 1. The Labute approximate surface area is 135 Å². The summed E-state index contributed by atoms with van der Waals surface area (Å²) in [6.07, 6.45) is 1.17. The maximum absolute atomic E-state index is 3.50. The van der Waals surface area contributed by atoms with Crippen molar-refractivity contribution in [1.82, 2.24) is 10.2 Å². The van der Waals surface area contributed by atoms with Crippen LogP contribution >= 0.6 is 27.7 Å². The Morgan fingerprint density at radius 1 is 1.35 bits per heavy atom. The van der Waals surface area contributed by atoms with Crippen molar-refractivity contribution < 1.29 is 0 Å². The molecule has 0 spiro atoms. The minimum Gasteiger partial charge on any atom is -0.313 e. The van der Waals surface area contributed by atoms with E-state index in [1.807, 2.05) is 0 Å². The summed E-state index contributed by atoms with van der Waals surface area (Å²) in [5, 5.41) is 4.21. The molecule has 112 valence electrons. The molecule has 1 aromatic rings. The fourth-order valence-electron chi connectivity index (χ4n) is 2.78. The summed E-state index contributed by atoms with van der Waals surface area (Å²) < 4.78 is 1.15. The minimum absolute atomic E-state index is 0.445. The van der Waals surface area contributed by atoms with Crippen LogP contribution in [0.15, 0.2) is 28.7 Å².